The highest BCUT2D eigenvalue weighted by Crippen LogP contribution is 2.44. The van der Waals surface area contributed by atoms with E-state index in [0.29, 0.717) is 18.0 Å². The molecule has 4 rings (SSSR count). The number of hydrogen-bond donors (Lipinski definition) is 0. The number of rotatable bonds is 4. The first-order chi connectivity index (χ1) is 15.3. The lowest BCUT2D eigenvalue weighted by Gasteiger charge is -2.30. The van der Waals surface area contributed by atoms with Crippen LogP contribution in [0.4, 0.5) is 0 Å². The van der Waals surface area contributed by atoms with Gasteiger partial charge in [0.05, 0.1) is 18.3 Å². The number of hydrogen-bond acceptors (Lipinski definition) is 1. The van der Waals surface area contributed by atoms with E-state index in [9.17, 15) is 4.79 Å². The minimum Gasteiger partial charge on any atom is -0.334 e. The molecule has 2 heterocycles. The predicted molar refractivity (Wildman–Crippen MR) is 134 cm³/mol. The lowest BCUT2D eigenvalue weighted by atomic mass is 9.91. The number of carbonyl (C=O) groups is 1. The number of benzene rings is 2. The third kappa shape index (κ3) is 4.43. The Hall–Kier alpha value is -2.70. The first-order valence-corrected chi connectivity index (χ1v) is 11.7. The largest absolute Gasteiger partial charge is 0.334 e. The van der Waals surface area contributed by atoms with E-state index in [2.05, 4.69) is 78.5 Å². The number of halogens is 1. The van der Waals surface area contributed by atoms with Crippen molar-refractivity contribution in [3.05, 3.63) is 59.2 Å². The second-order valence-corrected chi connectivity index (χ2v) is 10.2. The minimum absolute atomic E-state index is 0.0323. The standard InChI is InChI=1S/C28H31ClN2O/c1-5-6-16-31-23-15-14-21(29)18-22(23)26(20-11-8-7-9-12-20)27(31)24-13-10-17-30(24)25(32)19-28(2,3)4/h7-9,11-12,14-15,18,24H,10,13,16-17,19H2,1-4H3. The molecular formula is C28H31ClN2O. The highest BCUT2D eigenvalue weighted by molar-refractivity contribution is 6.31. The van der Waals surface area contributed by atoms with Crippen molar-refractivity contribution < 1.29 is 4.79 Å². The SMILES string of the molecule is CC#CCn1c(C2CCCN2C(=O)CC(C)(C)C)c(-c2ccccc2)c2cc(Cl)ccc21. The Kier molecular flexibility index (Phi) is 6.35. The van der Waals surface area contributed by atoms with Gasteiger partial charge in [-0.1, -0.05) is 68.6 Å². The first-order valence-electron chi connectivity index (χ1n) is 11.4. The number of carbonyl (C=O) groups excluding carboxylic acids is 1. The maximum Gasteiger partial charge on any atom is 0.223 e. The first kappa shape index (κ1) is 22.5. The summed E-state index contributed by atoms with van der Waals surface area (Å²) in [5.41, 5.74) is 4.56. The zero-order valence-corrected chi connectivity index (χ0v) is 20.2. The highest BCUT2D eigenvalue weighted by atomic mass is 35.5. The van der Waals surface area contributed by atoms with E-state index in [0.717, 1.165) is 35.9 Å². The molecule has 1 saturated heterocycles. The number of amides is 1. The average Bonchev–Trinajstić information content (AvgIpc) is 3.34. The molecule has 32 heavy (non-hydrogen) atoms. The summed E-state index contributed by atoms with van der Waals surface area (Å²) in [5.74, 6) is 6.54. The van der Waals surface area contributed by atoms with Crippen molar-refractivity contribution in [1.29, 1.82) is 0 Å². The van der Waals surface area contributed by atoms with Crippen LogP contribution < -0.4 is 0 Å². The lowest BCUT2D eigenvalue weighted by Crippen LogP contribution is -2.34. The fourth-order valence-electron chi connectivity index (χ4n) is 4.83. The van der Waals surface area contributed by atoms with Crippen molar-refractivity contribution in [2.45, 2.75) is 59.5 Å². The number of aromatic nitrogens is 1. The molecule has 1 atom stereocenters. The van der Waals surface area contributed by atoms with Gasteiger partial charge < -0.3 is 9.47 Å². The molecule has 1 unspecified atom stereocenters. The monoisotopic (exact) mass is 446 g/mol. The molecule has 166 valence electrons. The Morgan fingerprint density at radius 3 is 2.59 bits per heavy atom. The molecule has 1 amide bonds. The molecule has 0 aliphatic carbocycles. The van der Waals surface area contributed by atoms with Gasteiger partial charge in [0.2, 0.25) is 5.91 Å². The van der Waals surface area contributed by atoms with Crippen LogP contribution in [0.2, 0.25) is 5.02 Å². The maximum absolute atomic E-state index is 13.4. The summed E-state index contributed by atoms with van der Waals surface area (Å²) in [7, 11) is 0. The summed E-state index contributed by atoms with van der Waals surface area (Å²) in [5, 5.41) is 1.83. The van der Waals surface area contributed by atoms with E-state index in [1.807, 2.05) is 19.1 Å². The third-order valence-electron chi connectivity index (χ3n) is 6.11. The Morgan fingerprint density at radius 1 is 1.16 bits per heavy atom. The van der Waals surface area contributed by atoms with E-state index in [1.54, 1.807) is 0 Å². The minimum atomic E-state index is -0.0413. The van der Waals surface area contributed by atoms with Gasteiger partial charge in [-0.25, -0.2) is 0 Å². The molecule has 1 fully saturated rings. The number of fused-ring (bicyclic) bond motifs is 1. The third-order valence-corrected chi connectivity index (χ3v) is 6.35. The van der Waals surface area contributed by atoms with Crippen molar-refractivity contribution in [3.63, 3.8) is 0 Å². The second-order valence-electron chi connectivity index (χ2n) is 9.78. The van der Waals surface area contributed by atoms with Crippen molar-refractivity contribution in [3.8, 4) is 23.0 Å². The van der Waals surface area contributed by atoms with Crippen LogP contribution in [-0.2, 0) is 11.3 Å². The van der Waals surface area contributed by atoms with Gasteiger partial charge in [-0.05, 0) is 48.9 Å². The normalized spacial score (nSPS) is 16.3. The van der Waals surface area contributed by atoms with Crippen molar-refractivity contribution >= 4 is 28.4 Å². The molecule has 0 spiro atoms. The van der Waals surface area contributed by atoms with Crippen LogP contribution in [0.15, 0.2) is 48.5 Å². The Balaban J connectivity index is 1.96. The lowest BCUT2D eigenvalue weighted by molar-refractivity contribution is -0.134. The highest BCUT2D eigenvalue weighted by Gasteiger charge is 2.36. The molecule has 1 aliphatic rings. The maximum atomic E-state index is 13.4. The van der Waals surface area contributed by atoms with Gasteiger partial charge in [-0.2, -0.15) is 0 Å². The van der Waals surface area contributed by atoms with E-state index in [4.69, 9.17) is 11.6 Å². The van der Waals surface area contributed by atoms with Gasteiger partial charge in [0.15, 0.2) is 0 Å². The fraction of sp³-hybridized carbons (Fsp3) is 0.393. The molecule has 3 aromatic rings. The van der Waals surface area contributed by atoms with Crippen LogP contribution in [0, 0.1) is 17.3 Å². The molecule has 1 aliphatic heterocycles. The summed E-state index contributed by atoms with van der Waals surface area (Å²) < 4.78 is 2.30. The quantitative estimate of drug-likeness (QED) is 0.393. The van der Waals surface area contributed by atoms with Gasteiger partial charge >= 0.3 is 0 Å². The summed E-state index contributed by atoms with van der Waals surface area (Å²) in [6.07, 6.45) is 2.51. The molecule has 0 N–H and O–H groups in total. The van der Waals surface area contributed by atoms with Crippen LogP contribution in [0.1, 0.15) is 58.7 Å². The van der Waals surface area contributed by atoms with E-state index in [1.165, 1.54) is 11.3 Å². The Bertz CT molecular complexity index is 1190. The van der Waals surface area contributed by atoms with Gasteiger partial charge in [0.1, 0.15) is 0 Å². The molecule has 3 nitrogen and oxygen atoms in total. The summed E-state index contributed by atoms with van der Waals surface area (Å²) >= 11 is 6.45. The smallest absolute Gasteiger partial charge is 0.223 e. The van der Waals surface area contributed by atoms with E-state index < -0.39 is 0 Å². The molecule has 4 heteroatoms. The zero-order valence-electron chi connectivity index (χ0n) is 19.4. The summed E-state index contributed by atoms with van der Waals surface area (Å²) in [4.78, 5) is 15.5. The fourth-order valence-corrected chi connectivity index (χ4v) is 5.01. The van der Waals surface area contributed by atoms with Crippen LogP contribution >= 0.6 is 11.6 Å². The summed E-state index contributed by atoms with van der Waals surface area (Å²) in [6, 6.07) is 16.6. The average molecular weight is 447 g/mol. The van der Waals surface area contributed by atoms with Crippen LogP contribution in [-0.4, -0.2) is 21.9 Å². The number of likely N-dealkylation sites (tertiary alicyclic amines) is 1. The molecule has 0 radical (unpaired) electrons. The predicted octanol–water partition coefficient (Wildman–Crippen LogP) is 7.08. The van der Waals surface area contributed by atoms with Gasteiger partial charge in [-0.15, -0.1) is 5.92 Å². The Labute approximate surface area is 196 Å². The molecule has 2 aromatic carbocycles. The Morgan fingerprint density at radius 2 is 1.91 bits per heavy atom. The van der Waals surface area contributed by atoms with Crippen molar-refractivity contribution in [2.24, 2.45) is 5.41 Å². The van der Waals surface area contributed by atoms with Gasteiger partial charge in [0, 0.05) is 34.5 Å². The number of nitrogens with zero attached hydrogens (tertiary/aromatic N) is 2. The zero-order chi connectivity index (χ0) is 22.9. The van der Waals surface area contributed by atoms with Crippen LogP contribution in [0.5, 0.6) is 0 Å². The molecule has 0 bridgehead atoms. The molecule has 0 saturated carbocycles. The van der Waals surface area contributed by atoms with Crippen molar-refractivity contribution in [1.82, 2.24) is 9.47 Å². The molecular weight excluding hydrogens is 416 g/mol. The van der Waals surface area contributed by atoms with Gasteiger partial charge in [-0.3, -0.25) is 4.79 Å². The van der Waals surface area contributed by atoms with Crippen molar-refractivity contribution in [2.75, 3.05) is 6.54 Å². The summed E-state index contributed by atoms with van der Waals surface area (Å²) in [6.45, 7) is 9.64. The van der Waals surface area contributed by atoms with Gasteiger partial charge in [0.25, 0.3) is 0 Å². The van der Waals surface area contributed by atoms with Crippen LogP contribution in [0.25, 0.3) is 22.0 Å². The van der Waals surface area contributed by atoms with E-state index >= 15 is 0 Å². The topological polar surface area (TPSA) is 25.2 Å². The van der Waals surface area contributed by atoms with E-state index in [-0.39, 0.29) is 17.4 Å². The second kappa shape index (κ2) is 9.04. The molecule has 1 aromatic heterocycles. The van der Waals surface area contributed by atoms with Crippen LogP contribution in [0.3, 0.4) is 0 Å².